The van der Waals surface area contributed by atoms with E-state index < -0.39 is 4.92 Å². The van der Waals surface area contributed by atoms with E-state index in [9.17, 15) is 10.1 Å². The summed E-state index contributed by atoms with van der Waals surface area (Å²) < 4.78 is 5.64. The number of aromatic nitrogens is 2. The third-order valence-corrected chi connectivity index (χ3v) is 3.36. The van der Waals surface area contributed by atoms with Gasteiger partial charge in [0.25, 0.3) is 0 Å². The molecule has 0 aliphatic carbocycles. The summed E-state index contributed by atoms with van der Waals surface area (Å²) in [4.78, 5) is 21.0. The second-order valence-electron chi connectivity index (χ2n) is 4.86. The molecule has 8 heteroatoms. The first-order chi connectivity index (χ1) is 10.2. The standard InChI is InChI=1S/C13H21N5O3/c1-3-14-13-15-8-11(18(19)20)12(16-13)17-7-5-6-10(9-17)21-4-2/h8,10H,3-7,9H2,1-2H3,(H,14,15,16). The van der Waals surface area contributed by atoms with Crippen molar-refractivity contribution in [2.45, 2.75) is 32.8 Å². The highest BCUT2D eigenvalue weighted by Crippen LogP contribution is 2.29. The van der Waals surface area contributed by atoms with E-state index in [0.717, 1.165) is 19.4 Å². The van der Waals surface area contributed by atoms with Gasteiger partial charge >= 0.3 is 5.69 Å². The van der Waals surface area contributed by atoms with Crippen molar-refractivity contribution >= 4 is 17.5 Å². The van der Waals surface area contributed by atoms with Crippen LogP contribution in [-0.2, 0) is 4.74 Å². The van der Waals surface area contributed by atoms with Gasteiger partial charge < -0.3 is 15.0 Å². The van der Waals surface area contributed by atoms with Crippen LogP contribution in [0.15, 0.2) is 6.20 Å². The topological polar surface area (TPSA) is 93.4 Å². The van der Waals surface area contributed by atoms with Gasteiger partial charge in [-0.05, 0) is 26.7 Å². The molecule has 0 amide bonds. The fraction of sp³-hybridized carbons (Fsp3) is 0.692. The zero-order valence-electron chi connectivity index (χ0n) is 12.4. The van der Waals surface area contributed by atoms with Crippen molar-refractivity contribution in [3.63, 3.8) is 0 Å². The van der Waals surface area contributed by atoms with Gasteiger partial charge in [-0.2, -0.15) is 4.98 Å². The molecule has 1 fully saturated rings. The minimum Gasteiger partial charge on any atom is -0.377 e. The van der Waals surface area contributed by atoms with E-state index in [4.69, 9.17) is 4.74 Å². The van der Waals surface area contributed by atoms with Gasteiger partial charge in [-0.25, -0.2) is 4.98 Å². The summed E-state index contributed by atoms with van der Waals surface area (Å²) in [5, 5.41) is 14.2. The molecular weight excluding hydrogens is 274 g/mol. The second-order valence-corrected chi connectivity index (χ2v) is 4.86. The zero-order valence-corrected chi connectivity index (χ0v) is 12.4. The van der Waals surface area contributed by atoms with Crippen molar-refractivity contribution in [3.05, 3.63) is 16.3 Å². The molecule has 1 N–H and O–H groups in total. The lowest BCUT2D eigenvalue weighted by molar-refractivity contribution is -0.384. The highest BCUT2D eigenvalue weighted by Gasteiger charge is 2.28. The van der Waals surface area contributed by atoms with Crippen LogP contribution in [0.25, 0.3) is 0 Å². The van der Waals surface area contributed by atoms with E-state index >= 15 is 0 Å². The van der Waals surface area contributed by atoms with Gasteiger partial charge in [-0.1, -0.05) is 0 Å². The van der Waals surface area contributed by atoms with Crippen LogP contribution in [0.4, 0.5) is 17.5 Å². The van der Waals surface area contributed by atoms with Crippen LogP contribution in [0.5, 0.6) is 0 Å². The third kappa shape index (κ3) is 3.78. The van der Waals surface area contributed by atoms with Crippen molar-refractivity contribution in [3.8, 4) is 0 Å². The number of hydrogen-bond acceptors (Lipinski definition) is 7. The van der Waals surface area contributed by atoms with E-state index in [0.29, 0.717) is 31.5 Å². The van der Waals surface area contributed by atoms with Crippen molar-refractivity contribution < 1.29 is 9.66 Å². The first-order valence-corrected chi connectivity index (χ1v) is 7.27. The largest absolute Gasteiger partial charge is 0.377 e. The van der Waals surface area contributed by atoms with Gasteiger partial charge in [0, 0.05) is 26.2 Å². The molecule has 0 aromatic carbocycles. The zero-order chi connectivity index (χ0) is 15.2. The Morgan fingerprint density at radius 1 is 1.57 bits per heavy atom. The predicted octanol–water partition coefficient (Wildman–Crippen LogP) is 1.82. The van der Waals surface area contributed by atoms with Crippen LogP contribution < -0.4 is 10.2 Å². The summed E-state index contributed by atoms with van der Waals surface area (Å²) in [6, 6.07) is 0. The number of nitrogens with zero attached hydrogens (tertiary/aromatic N) is 4. The molecule has 116 valence electrons. The fourth-order valence-corrected chi connectivity index (χ4v) is 2.47. The van der Waals surface area contributed by atoms with Crippen LogP contribution in [0.2, 0.25) is 0 Å². The maximum Gasteiger partial charge on any atom is 0.329 e. The molecule has 1 aliphatic heterocycles. The molecule has 1 aliphatic rings. The Morgan fingerprint density at radius 3 is 3.05 bits per heavy atom. The van der Waals surface area contributed by atoms with Gasteiger partial charge in [-0.3, -0.25) is 10.1 Å². The third-order valence-electron chi connectivity index (χ3n) is 3.36. The number of piperidine rings is 1. The van der Waals surface area contributed by atoms with Crippen LogP contribution in [-0.4, -0.2) is 47.2 Å². The molecule has 1 aromatic rings. The Bertz CT molecular complexity index is 495. The van der Waals surface area contributed by atoms with Gasteiger partial charge in [-0.15, -0.1) is 0 Å². The van der Waals surface area contributed by atoms with E-state index in [2.05, 4.69) is 15.3 Å². The molecule has 8 nitrogen and oxygen atoms in total. The normalized spacial score (nSPS) is 18.6. The Kier molecular flexibility index (Phi) is 5.26. The lowest BCUT2D eigenvalue weighted by atomic mass is 10.1. The molecule has 1 unspecified atom stereocenters. The Morgan fingerprint density at radius 2 is 2.38 bits per heavy atom. The first kappa shape index (κ1) is 15.4. The summed E-state index contributed by atoms with van der Waals surface area (Å²) in [5.41, 5.74) is -0.0613. The monoisotopic (exact) mass is 295 g/mol. The van der Waals surface area contributed by atoms with Gasteiger partial charge in [0.15, 0.2) is 0 Å². The number of nitro groups is 1. The quantitative estimate of drug-likeness (QED) is 0.632. The Balaban J connectivity index is 2.26. The summed E-state index contributed by atoms with van der Waals surface area (Å²) in [5.74, 6) is 0.784. The molecule has 21 heavy (non-hydrogen) atoms. The molecular formula is C13H21N5O3. The predicted molar refractivity (Wildman–Crippen MR) is 79.7 cm³/mol. The van der Waals surface area contributed by atoms with Crippen LogP contribution in [0.3, 0.4) is 0 Å². The SMILES string of the molecule is CCNc1ncc([N+](=O)[O-])c(N2CCCC(OCC)C2)n1. The highest BCUT2D eigenvalue weighted by molar-refractivity contribution is 5.59. The van der Waals surface area contributed by atoms with Crippen molar-refractivity contribution in [2.75, 3.05) is 36.5 Å². The molecule has 0 saturated carbocycles. The van der Waals surface area contributed by atoms with Crippen LogP contribution in [0, 0.1) is 10.1 Å². The van der Waals surface area contributed by atoms with Gasteiger partial charge in [0.1, 0.15) is 6.20 Å². The molecule has 0 radical (unpaired) electrons. The van der Waals surface area contributed by atoms with E-state index in [1.807, 2.05) is 18.7 Å². The summed E-state index contributed by atoms with van der Waals surface area (Å²) in [6.45, 7) is 6.56. The maximum absolute atomic E-state index is 11.2. The Hall–Kier alpha value is -1.96. The summed E-state index contributed by atoms with van der Waals surface area (Å²) in [6.07, 6.45) is 3.27. The van der Waals surface area contributed by atoms with Crippen LogP contribution >= 0.6 is 0 Å². The average Bonchev–Trinajstić information content (AvgIpc) is 2.48. The lowest BCUT2D eigenvalue weighted by Crippen LogP contribution is -2.40. The molecule has 1 aromatic heterocycles. The van der Waals surface area contributed by atoms with E-state index in [-0.39, 0.29) is 11.8 Å². The molecule has 0 bridgehead atoms. The molecule has 2 heterocycles. The van der Waals surface area contributed by atoms with Crippen molar-refractivity contribution in [2.24, 2.45) is 0 Å². The smallest absolute Gasteiger partial charge is 0.329 e. The van der Waals surface area contributed by atoms with Crippen molar-refractivity contribution in [1.29, 1.82) is 0 Å². The fourth-order valence-electron chi connectivity index (χ4n) is 2.47. The minimum absolute atomic E-state index is 0.0613. The summed E-state index contributed by atoms with van der Waals surface area (Å²) in [7, 11) is 0. The second kappa shape index (κ2) is 7.16. The number of ether oxygens (including phenoxy) is 1. The van der Waals surface area contributed by atoms with Gasteiger partial charge in [0.2, 0.25) is 11.8 Å². The van der Waals surface area contributed by atoms with E-state index in [1.165, 1.54) is 6.20 Å². The van der Waals surface area contributed by atoms with E-state index in [1.54, 1.807) is 0 Å². The number of anilines is 2. The maximum atomic E-state index is 11.2. The average molecular weight is 295 g/mol. The number of nitrogens with one attached hydrogen (secondary N) is 1. The number of hydrogen-bond donors (Lipinski definition) is 1. The molecule has 0 spiro atoms. The first-order valence-electron chi connectivity index (χ1n) is 7.27. The lowest BCUT2D eigenvalue weighted by Gasteiger charge is -2.32. The van der Waals surface area contributed by atoms with Crippen molar-refractivity contribution in [1.82, 2.24) is 9.97 Å². The molecule has 2 rings (SSSR count). The summed E-state index contributed by atoms with van der Waals surface area (Å²) >= 11 is 0. The highest BCUT2D eigenvalue weighted by atomic mass is 16.6. The molecule has 1 atom stereocenters. The number of rotatable bonds is 6. The Labute approximate surface area is 123 Å². The van der Waals surface area contributed by atoms with Crippen LogP contribution in [0.1, 0.15) is 26.7 Å². The van der Waals surface area contributed by atoms with Gasteiger partial charge in [0.05, 0.1) is 11.0 Å². The minimum atomic E-state index is -0.435. The molecule has 1 saturated heterocycles.